The van der Waals surface area contributed by atoms with Crippen molar-refractivity contribution in [2.75, 3.05) is 0 Å². The van der Waals surface area contributed by atoms with Crippen LogP contribution in [0.2, 0.25) is 6.32 Å². The van der Waals surface area contributed by atoms with Crippen molar-refractivity contribution in [1.29, 1.82) is 0 Å². The molecule has 0 aliphatic rings. The molecule has 0 radical (unpaired) electrons. The van der Waals surface area contributed by atoms with Crippen LogP contribution in [0.4, 0.5) is 13.2 Å². The van der Waals surface area contributed by atoms with Crippen molar-refractivity contribution in [1.82, 2.24) is 0 Å². The summed E-state index contributed by atoms with van der Waals surface area (Å²) in [6.07, 6.45) is -4.18. The maximum atomic E-state index is 12.2. The Morgan fingerprint density at radius 3 is 2.50 bits per heavy atom. The third-order valence-corrected chi connectivity index (χ3v) is 1.83. The number of carbonyl (C=O) groups is 1. The molecule has 0 atom stereocenters. The van der Waals surface area contributed by atoms with Gasteiger partial charge in [0.2, 0.25) is 0 Å². The van der Waals surface area contributed by atoms with Gasteiger partial charge in [-0.3, -0.25) is 4.79 Å². The molecule has 0 unspecified atom stereocenters. The molecular weight excluding hydrogens is 192 g/mol. The number of halogens is 3. The minimum Gasteiger partial charge on any atom is -0.295 e. The second-order valence-corrected chi connectivity index (χ2v) is 2.86. The van der Waals surface area contributed by atoms with E-state index in [4.69, 9.17) is 0 Å². The number of alkyl halides is 3. The number of ketones is 1. The summed E-state index contributed by atoms with van der Waals surface area (Å²) in [7, 11) is 1.61. The minimum atomic E-state index is -4.38. The normalized spacial score (nSPS) is 11.4. The Morgan fingerprint density at radius 2 is 2.00 bits per heavy atom. The largest absolute Gasteiger partial charge is 0.416 e. The van der Waals surface area contributed by atoms with E-state index >= 15 is 0 Å². The summed E-state index contributed by atoms with van der Waals surface area (Å²) in [5, 5.41) is 0. The fourth-order valence-corrected chi connectivity index (χ4v) is 1.07. The van der Waals surface area contributed by atoms with Gasteiger partial charge in [0.05, 0.1) is 5.56 Å². The molecule has 0 saturated heterocycles. The molecule has 0 saturated carbocycles. The van der Waals surface area contributed by atoms with Gasteiger partial charge in [0, 0.05) is 5.56 Å². The molecule has 1 nitrogen and oxygen atoms in total. The molecule has 0 aliphatic heterocycles. The smallest absolute Gasteiger partial charge is 0.295 e. The van der Waals surface area contributed by atoms with Crippen LogP contribution in [0.3, 0.4) is 0 Å². The van der Waals surface area contributed by atoms with Crippen LogP contribution >= 0.6 is 0 Å². The predicted octanol–water partition coefficient (Wildman–Crippen LogP) is 1.94. The fourth-order valence-electron chi connectivity index (χ4n) is 1.07. The van der Waals surface area contributed by atoms with Crippen molar-refractivity contribution >= 4 is 13.6 Å². The van der Waals surface area contributed by atoms with E-state index in [0.717, 1.165) is 12.1 Å². The maximum absolute atomic E-state index is 12.2. The van der Waals surface area contributed by atoms with Gasteiger partial charge in [0.15, 0.2) is 5.78 Å². The average molecular weight is 200 g/mol. The quantitative estimate of drug-likeness (QED) is 0.526. The summed E-state index contributed by atoms with van der Waals surface area (Å²) in [6.45, 7) is 0. The lowest BCUT2D eigenvalue weighted by molar-refractivity contribution is -0.137. The van der Waals surface area contributed by atoms with E-state index in [-0.39, 0.29) is 17.7 Å². The van der Waals surface area contributed by atoms with Crippen LogP contribution in [0.1, 0.15) is 15.9 Å². The highest BCUT2D eigenvalue weighted by Gasteiger charge is 2.30. The van der Waals surface area contributed by atoms with Crippen molar-refractivity contribution in [3.63, 3.8) is 0 Å². The number of hydrogen-bond acceptors (Lipinski definition) is 1. The number of hydrogen-bond donors (Lipinski definition) is 0. The molecule has 0 fully saturated rings. The van der Waals surface area contributed by atoms with E-state index in [1.807, 2.05) is 0 Å². The van der Waals surface area contributed by atoms with Gasteiger partial charge in [0.1, 0.15) is 7.85 Å². The number of benzene rings is 1. The van der Waals surface area contributed by atoms with E-state index in [0.29, 0.717) is 0 Å². The van der Waals surface area contributed by atoms with Gasteiger partial charge < -0.3 is 0 Å². The highest BCUT2D eigenvalue weighted by Crippen LogP contribution is 2.29. The lowest BCUT2D eigenvalue weighted by Crippen LogP contribution is -2.07. The third-order valence-electron chi connectivity index (χ3n) is 1.83. The monoisotopic (exact) mass is 200 g/mol. The lowest BCUT2D eigenvalue weighted by atomic mass is 9.95. The van der Waals surface area contributed by atoms with Crippen LogP contribution in [-0.4, -0.2) is 13.6 Å². The molecule has 74 valence electrons. The number of carbonyl (C=O) groups excluding carboxylic acids is 1. The topological polar surface area (TPSA) is 17.1 Å². The maximum Gasteiger partial charge on any atom is 0.416 e. The Balaban J connectivity index is 3.08. The first-order valence-corrected chi connectivity index (χ1v) is 4.15. The summed E-state index contributed by atoms with van der Waals surface area (Å²) in [6, 6.07) is 4.46. The Hall–Kier alpha value is -1.26. The zero-order chi connectivity index (χ0) is 10.8. The molecule has 0 bridgehead atoms. The molecule has 1 aromatic rings. The number of rotatable bonds is 2. The summed E-state index contributed by atoms with van der Waals surface area (Å²) in [5.74, 6) is -0.281. The highest BCUT2D eigenvalue weighted by molar-refractivity contribution is 6.24. The molecular formula is C9H8BF3O. The summed E-state index contributed by atoms with van der Waals surface area (Å²) < 4.78 is 36.7. The zero-order valence-electron chi connectivity index (χ0n) is 7.56. The Bertz CT molecular complexity index is 346. The highest BCUT2D eigenvalue weighted by atomic mass is 19.4. The van der Waals surface area contributed by atoms with Crippen molar-refractivity contribution < 1.29 is 18.0 Å². The van der Waals surface area contributed by atoms with E-state index < -0.39 is 11.7 Å². The van der Waals surface area contributed by atoms with E-state index in [1.54, 1.807) is 7.85 Å². The lowest BCUT2D eigenvalue weighted by Gasteiger charge is -2.07. The Kier molecular flexibility index (Phi) is 2.98. The molecule has 5 heteroatoms. The van der Waals surface area contributed by atoms with Crippen molar-refractivity contribution in [3.05, 3.63) is 35.4 Å². The molecule has 14 heavy (non-hydrogen) atoms. The van der Waals surface area contributed by atoms with Gasteiger partial charge in [-0.05, 0) is 18.5 Å². The Morgan fingerprint density at radius 1 is 1.36 bits per heavy atom. The molecule has 0 heterocycles. The molecule has 1 aromatic carbocycles. The number of Topliss-reactive ketones (excluding diaryl/α,β-unsaturated/α-hetero) is 1. The fraction of sp³-hybridized carbons (Fsp3) is 0.222. The first-order valence-electron chi connectivity index (χ1n) is 4.15. The zero-order valence-corrected chi connectivity index (χ0v) is 7.56. The van der Waals surface area contributed by atoms with E-state index in [9.17, 15) is 18.0 Å². The van der Waals surface area contributed by atoms with E-state index in [1.165, 1.54) is 12.1 Å². The van der Waals surface area contributed by atoms with Gasteiger partial charge in [-0.25, -0.2) is 0 Å². The Labute approximate surface area is 80.3 Å². The van der Waals surface area contributed by atoms with Crippen molar-refractivity contribution in [2.24, 2.45) is 0 Å². The summed E-state index contributed by atoms with van der Waals surface area (Å²) in [5.41, 5.74) is -0.667. The van der Waals surface area contributed by atoms with Crippen LogP contribution < -0.4 is 0 Å². The first-order chi connectivity index (χ1) is 6.45. The molecule has 0 spiro atoms. The van der Waals surface area contributed by atoms with E-state index in [2.05, 4.69) is 0 Å². The second kappa shape index (κ2) is 3.86. The van der Waals surface area contributed by atoms with Gasteiger partial charge in [-0.15, -0.1) is 0 Å². The summed E-state index contributed by atoms with van der Waals surface area (Å²) in [4.78, 5) is 11.1. The SMILES string of the molecule is BCC(=O)c1cccc(C(F)(F)F)c1. The first kappa shape index (κ1) is 10.8. The van der Waals surface area contributed by atoms with Crippen molar-refractivity contribution in [2.45, 2.75) is 12.5 Å². The van der Waals surface area contributed by atoms with Gasteiger partial charge >= 0.3 is 6.18 Å². The van der Waals surface area contributed by atoms with Gasteiger partial charge in [-0.2, -0.15) is 13.2 Å². The third kappa shape index (κ3) is 2.37. The average Bonchev–Trinajstić information content (AvgIpc) is 2.15. The van der Waals surface area contributed by atoms with Crippen LogP contribution in [0.25, 0.3) is 0 Å². The van der Waals surface area contributed by atoms with Crippen LogP contribution in [0.5, 0.6) is 0 Å². The van der Waals surface area contributed by atoms with Crippen molar-refractivity contribution in [3.8, 4) is 0 Å². The van der Waals surface area contributed by atoms with Gasteiger partial charge in [0.25, 0.3) is 0 Å². The molecule has 1 rings (SSSR count). The van der Waals surface area contributed by atoms with Crippen LogP contribution in [0, 0.1) is 0 Å². The van der Waals surface area contributed by atoms with Gasteiger partial charge in [-0.1, -0.05) is 12.1 Å². The summed E-state index contributed by atoms with van der Waals surface area (Å²) >= 11 is 0. The molecule has 0 aromatic heterocycles. The van der Waals surface area contributed by atoms with Crippen LogP contribution in [0.15, 0.2) is 24.3 Å². The minimum absolute atomic E-state index is 0.113. The predicted molar refractivity (Wildman–Crippen MR) is 49.1 cm³/mol. The second-order valence-electron chi connectivity index (χ2n) is 2.86. The molecule has 0 amide bonds. The molecule has 0 aliphatic carbocycles. The van der Waals surface area contributed by atoms with Crippen LogP contribution in [-0.2, 0) is 6.18 Å². The standard InChI is InChI=1S/C9H8BF3O/c10-5-8(14)6-2-1-3-7(4-6)9(11,12)13/h1-4H,5,10H2. The molecule has 0 N–H and O–H groups in total.